The molecule has 4 fully saturated rings. The molecule has 10 atom stereocenters. The number of alkyl halides is 1. The van der Waals surface area contributed by atoms with Crippen molar-refractivity contribution in [2.24, 2.45) is 52.1 Å². The van der Waals surface area contributed by atoms with Gasteiger partial charge in [-0.3, -0.25) is 0 Å². The van der Waals surface area contributed by atoms with Gasteiger partial charge in [0.05, 0.1) is 0 Å². The van der Waals surface area contributed by atoms with E-state index < -0.39 is 6.17 Å². The van der Waals surface area contributed by atoms with E-state index in [-0.39, 0.29) is 17.9 Å². The predicted molar refractivity (Wildman–Crippen MR) is 139 cm³/mol. The summed E-state index contributed by atoms with van der Waals surface area (Å²) in [4.78, 5) is 0. The maximum atomic E-state index is 16.0. The molecule has 0 aromatic carbocycles. The highest BCUT2D eigenvalue weighted by atomic mass is 19.1. The van der Waals surface area contributed by atoms with Gasteiger partial charge in [-0.05, 0) is 143 Å². The number of hydrogen-bond acceptors (Lipinski definition) is 4. The quantitative estimate of drug-likeness (QED) is 0.318. The lowest BCUT2D eigenvalue weighted by Gasteiger charge is -2.62. The number of nitrogens with two attached hydrogens (primary N) is 1. The fourth-order valence-corrected chi connectivity index (χ4v) is 9.50. The Labute approximate surface area is 208 Å². The molecule has 0 radical (unpaired) electrons. The van der Waals surface area contributed by atoms with Crippen molar-refractivity contribution in [2.75, 3.05) is 32.8 Å². The lowest BCUT2D eigenvalue weighted by Crippen LogP contribution is -2.58. The van der Waals surface area contributed by atoms with Crippen LogP contribution in [-0.4, -0.2) is 50.1 Å². The smallest absolute Gasteiger partial charge is 0.104 e. The van der Waals surface area contributed by atoms with Crippen molar-refractivity contribution in [3.63, 3.8) is 0 Å². The van der Waals surface area contributed by atoms with Crippen molar-refractivity contribution in [3.05, 3.63) is 0 Å². The lowest BCUT2D eigenvalue weighted by atomic mass is 9.44. The van der Waals surface area contributed by atoms with Crippen molar-refractivity contribution in [1.82, 2.24) is 10.6 Å². The number of unbranched alkanes of at least 4 members (excludes halogenated alkanes) is 1. The monoisotopic (exact) mass is 479 g/mol. The molecule has 0 amide bonds. The SMILES string of the molecule is C[C@H](CO)C1CCC2C3C(F)C[C@H]4CC(NCCCNCCCCN)CC[C@]4(C)C3CC[C@@]21C. The summed E-state index contributed by atoms with van der Waals surface area (Å²) in [5.74, 6) is 2.77. The summed E-state index contributed by atoms with van der Waals surface area (Å²) in [5.41, 5.74) is 6.10. The summed E-state index contributed by atoms with van der Waals surface area (Å²) in [6.07, 6.45) is 12.1. The minimum Gasteiger partial charge on any atom is -0.396 e. The van der Waals surface area contributed by atoms with E-state index in [0.29, 0.717) is 41.0 Å². The van der Waals surface area contributed by atoms with Crippen molar-refractivity contribution in [1.29, 1.82) is 0 Å². The number of halogens is 1. The molecular weight excluding hydrogens is 425 g/mol. The summed E-state index contributed by atoms with van der Waals surface area (Å²) in [6.45, 7) is 11.5. The molecule has 6 unspecified atom stereocenters. The fourth-order valence-electron chi connectivity index (χ4n) is 9.50. The molecule has 34 heavy (non-hydrogen) atoms. The predicted octanol–water partition coefficient (Wildman–Crippen LogP) is 4.90. The van der Waals surface area contributed by atoms with Crippen molar-refractivity contribution in [2.45, 2.75) is 104 Å². The fraction of sp³-hybridized carbons (Fsp3) is 1.00. The summed E-state index contributed by atoms with van der Waals surface area (Å²) in [7, 11) is 0. The molecule has 4 saturated carbocycles. The van der Waals surface area contributed by atoms with Crippen LogP contribution < -0.4 is 16.4 Å². The van der Waals surface area contributed by atoms with Gasteiger partial charge in [0.15, 0.2) is 0 Å². The highest BCUT2D eigenvalue weighted by Gasteiger charge is 2.63. The molecule has 4 aliphatic carbocycles. The van der Waals surface area contributed by atoms with E-state index in [0.717, 1.165) is 51.9 Å². The molecule has 0 spiro atoms. The van der Waals surface area contributed by atoms with Crippen LogP contribution in [0.5, 0.6) is 0 Å². The summed E-state index contributed by atoms with van der Waals surface area (Å²) < 4.78 is 16.0. The van der Waals surface area contributed by atoms with Gasteiger partial charge in [-0.15, -0.1) is 0 Å². The normalized spacial score (nSPS) is 44.8. The van der Waals surface area contributed by atoms with Crippen LogP contribution in [0, 0.1) is 46.3 Å². The van der Waals surface area contributed by atoms with Gasteiger partial charge in [0.2, 0.25) is 0 Å². The first-order valence-corrected chi connectivity index (χ1v) is 14.7. The number of aliphatic hydroxyl groups excluding tert-OH is 1. The third-order valence-electron chi connectivity index (χ3n) is 11.5. The van der Waals surface area contributed by atoms with Crippen LogP contribution in [0.1, 0.15) is 91.4 Å². The van der Waals surface area contributed by atoms with Crippen molar-refractivity contribution >= 4 is 0 Å². The molecule has 0 heterocycles. The topological polar surface area (TPSA) is 70.3 Å². The molecule has 4 aliphatic rings. The number of hydrogen-bond donors (Lipinski definition) is 4. The van der Waals surface area contributed by atoms with Gasteiger partial charge in [0.25, 0.3) is 0 Å². The van der Waals surface area contributed by atoms with E-state index in [2.05, 4.69) is 31.4 Å². The average molecular weight is 480 g/mol. The van der Waals surface area contributed by atoms with Gasteiger partial charge in [-0.1, -0.05) is 20.8 Å². The molecule has 0 aliphatic heterocycles. The zero-order valence-corrected chi connectivity index (χ0v) is 22.3. The van der Waals surface area contributed by atoms with E-state index in [1.807, 2.05) is 0 Å². The van der Waals surface area contributed by atoms with Crippen LogP contribution in [-0.2, 0) is 0 Å². The van der Waals surface area contributed by atoms with Crippen molar-refractivity contribution in [3.8, 4) is 0 Å². The molecule has 5 N–H and O–H groups in total. The largest absolute Gasteiger partial charge is 0.396 e. The summed E-state index contributed by atoms with van der Waals surface area (Å²) in [6, 6.07) is 0.564. The minimum atomic E-state index is -0.632. The second-order valence-corrected chi connectivity index (χ2v) is 13.2. The van der Waals surface area contributed by atoms with E-state index in [4.69, 9.17) is 5.73 Å². The molecule has 0 aromatic rings. The molecular formula is C29H54FN3O. The number of aliphatic hydroxyl groups is 1. The van der Waals surface area contributed by atoms with Gasteiger partial charge in [-0.25, -0.2) is 4.39 Å². The Morgan fingerprint density at radius 1 is 0.941 bits per heavy atom. The van der Waals surface area contributed by atoms with Gasteiger partial charge in [-0.2, -0.15) is 0 Å². The highest BCUT2D eigenvalue weighted by Crippen LogP contribution is 2.68. The first kappa shape index (κ1) is 26.8. The Bertz CT molecular complexity index is 649. The van der Waals surface area contributed by atoms with E-state index in [9.17, 15) is 5.11 Å². The Hall–Kier alpha value is -0.230. The number of rotatable bonds is 11. The highest BCUT2D eigenvalue weighted by molar-refractivity contribution is 5.12. The first-order valence-electron chi connectivity index (χ1n) is 14.7. The molecule has 0 saturated heterocycles. The Kier molecular flexibility index (Phi) is 9.03. The average Bonchev–Trinajstić information content (AvgIpc) is 3.18. The third-order valence-corrected chi connectivity index (χ3v) is 11.5. The minimum absolute atomic E-state index is 0.230. The molecule has 0 bridgehead atoms. The first-order chi connectivity index (χ1) is 16.3. The van der Waals surface area contributed by atoms with E-state index in [1.54, 1.807) is 0 Å². The number of fused-ring (bicyclic) bond motifs is 5. The third kappa shape index (κ3) is 5.10. The Morgan fingerprint density at radius 3 is 2.44 bits per heavy atom. The van der Waals surface area contributed by atoms with Gasteiger partial charge in [0, 0.05) is 12.6 Å². The van der Waals surface area contributed by atoms with Crippen LogP contribution in [0.3, 0.4) is 0 Å². The lowest BCUT2D eigenvalue weighted by molar-refractivity contribution is -0.149. The van der Waals surface area contributed by atoms with Crippen LogP contribution in [0.2, 0.25) is 0 Å². The van der Waals surface area contributed by atoms with Crippen LogP contribution in [0.25, 0.3) is 0 Å². The molecule has 4 rings (SSSR count). The van der Waals surface area contributed by atoms with Gasteiger partial charge >= 0.3 is 0 Å². The second kappa shape index (κ2) is 11.4. The Balaban J connectivity index is 1.31. The van der Waals surface area contributed by atoms with Crippen LogP contribution in [0.4, 0.5) is 4.39 Å². The van der Waals surface area contributed by atoms with E-state index in [1.165, 1.54) is 44.9 Å². The van der Waals surface area contributed by atoms with Crippen molar-refractivity contribution < 1.29 is 9.50 Å². The maximum absolute atomic E-state index is 16.0. The zero-order chi connectivity index (χ0) is 24.3. The van der Waals surface area contributed by atoms with E-state index >= 15 is 4.39 Å². The molecule has 5 heteroatoms. The standard InChI is InChI=1S/C29H54FN3O/c1-20(19-34)23-7-8-24-27-25(10-12-29(23,24)3)28(2)11-9-22(17-21(28)18-26(27)30)33-16-6-15-32-14-5-4-13-31/h20-27,32-34H,4-19,31H2,1-3H3/t20-,21-,22?,23?,24?,25?,26?,27?,28+,29-/m1/s1. The van der Waals surface area contributed by atoms with Gasteiger partial charge < -0.3 is 21.5 Å². The zero-order valence-electron chi connectivity index (χ0n) is 22.3. The van der Waals surface area contributed by atoms with Gasteiger partial charge in [0.1, 0.15) is 6.17 Å². The molecule has 0 aromatic heterocycles. The summed E-state index contributed by atoms with van der Waals surface area (Å²) >= 11 is 0. The van der Waals surface area contributed by atoms with Crippen LogP contribution >= 0.6 is 0 Å². The molecule has 198 valence electrons. The summed E-state index contributed by atoms with van der Waals surface area (Å²) in [5, 5.41) is 17.2. The Morgan fingerprint density at radius 2 is 1.68 bits per heavy atom. The molecule has 4 nitrogen and oxygen atoms in total. The van der Waals surface area contributed by atoms with Crippen LogP contribution in [0.15, 0.2) is 0 Å². The second-order valence-electron chi connectivity index (χ2n) is 13.2. The number of nitrogens with one attached hydrogen (secondary N) is 2. The maximum Gasteiger partial charge on any atom is 0.104 e.